The summed E-state index contributed by atoms with van der Waals surface area (Å²) in [7, 11) is 0. The largest absolute Gasteiger partial charge is 0.508 e. The quantitative estimate of drug-likeness (QED) is 0.827. The third-order valence-electron chi connectivity index (χ3n) is 3.72. The van der Waals surface area contributed by atoms with Crippen molar-refractivity contribution >= 4 is 5.69 Å². The number of anilines is 1. The fourth-order valence-electron chi connectivity index (χ4n) is 2.67. The molecule has 1 aromatic carbocycles. The summed E-state index contributed by atoms with van der Waals surface area (Å²) in [5, 5.41) is 9.99. The summed E-state index contributed by atoms with van der Waals surface area (Å²) in [4.78, 5) is 2.36. The van der Waals surface area contributed by atoms with Crippen LogP contribution in [0.5, 0.6) is 5.75 Å². The van der Waals surface area contributed by atoms with Crippen LogP contribution in [0.2, 0.25) is 0 Å². The van der Waals surface area contributed by atoms with E-state index in [4.69, 9.17) is 5.73 Å². The normalized spacial score (nSPS) is 20.6. The van der Waals surface area contributed by atoms with Crippen molar-refractivity contribution in [2.45, 2.75) is 45.2 Å². The molecule has 0 aromatic heterocycles. The van der Waals surface area contributed by atoms with Gasteiger partial charge < -0.3 is 15.7 Å². The van der Waals surface area contributed by atoms with Gasteiger partial charge in [-0.1, -0.05) is 6.07 Å². The zero-order chi connectivity index (χ0) is 12.6. The van der Waals surface area contributed by atoms with Gasteiger partial charge in [-0.25, -0.2) is 0 Å². The van der Waals surface area contributed by atoms with Gasteiger partial charge >= 0.3 is 0 Å². The Balaban J connectivity index is 2.32. The average molecular weight is 234 g/mol. The standard InChI is InChI=1S/C14H22N2O/c1-10(15)12-6-5-11(9-13(12)17)16-8-4-7-14(16,2)3/h5-6,9-10,17H,4,7-8,15H2,1-3H3. The van der Waals surface area contributed by atoms with Crippen LogP contribution in [0.3, 0.4) is 0 Å². The van der Waals surface area contributed by atoms with Crippen molar-refractivity contribution in [2.24, 2.45) is 5.73 Å². The van der Waals surface area contributed by atoms with Gasteiger partial charge in [0.05, 0.1) is 0 Å². The minimum atomic E-state index is -0.129. The molecule has 1 atom stereocenters. The molecule has 0 aliphatic carbocycles. The van der Waals surface area contributed by atoms with Crippen LogP contribution in [0.4, 0.5) is 5.69 Å². The minimum absolute atomic E-state index is 0.129. The highest BCUT2D eigenvalue weighted by Gasteiger charge is 2.32. The van der Waals surface area contributed by atoms with Crippen molar-refractivity contribution in [3.05, 3.63) is 23.8 Å². The Morgan fingerprint density at radius 1 is 1.41 bits per heavy atom. The SMILES string of the molecule is CC(N)c1ccc(N2CCCC2(C)C)cc1O. The van der Waals surface area contributed by atoms with Crippen LogP contribution in [0, 0.1) is 0 Å². The summed E-state index contributed by atoms with van der Waals surface area (Å²) in [5.41, 5.74) is 7.88. The molecule has 1 unspecified atom stereocenters. The molecule has 0 amide bonds. The summed E-state index contributed by atoms with van der Waals surface area (Å²) in [5.74, 6) is 0.306. The van der Waals surface area contributed by atoms with Crippen LogP contribution in [-0.4, -0.2) is 17.2 Å². The third kappa shape index (κ3) is 2.25. The number of phenols is 1. The van der Waals surface area contributed by atoms with Crippen LogP contribution < -0.4 is 10.6 Å². The molecule has 1 saturated heterocycles. The van der Waals surface area contributed by atoms with E-state index < -0.39 is 0 Å². The summed E-state index contributed by atoms with van der Waals surface area (Å²) < 4.78 is 0. The number of hydrogen-bond donors (Lipinski definition) is 2. The molecule has 3 N–H and O–H groups in total. The monoisotopic (exact) mass is 234 g/mol. The van der Waals surface area contributed by atoms with Crippen molar-refractivity contribution in [3.8, 4) is 5.75 Å². The fourth-order valence-corrected chi connectivity index (χ4v) is 2.67. The number of nitrogens with zero attached hydrogens (tertiary/aromatic N) is 1. The van der Waals surface area contributed by atoms with Gasteiger partial charge in [0.2, 0.25) is 0 Å². The first-order chi connectivity index (χ1) is 7.92. The van der Waals surface area contributed by atoms with E-state index in [0.29, 0.717) is 5.75 Å². The summed E-state index contributed by atoms with van der Waals surface area (Å²) in [6.45, 7) is 7.44. The van der Waals surface area contributed by atoms with E-state index in [1.807, 2.05) is 19.1 Å². The van der Waals surface area contributed by atoms with Gasteiger partial charge in [-0.05, 0) is 39.7 Å². The Bertz CT molecular complexity index is 413. The summed E-state index contributed by atoms with van der Waals surface area (Å²) in [6, 6.07) is 5.71. The van der Waals surface area contributed by atoms with Crippen molar-refractivity contribution < 1.29 is 5.11 Å². The van der Waals surface area contributed by atoms with E-state index in [1.54, 1.807) is 0 Å². The predicted octanol–water partition coefficient (Wildman–Crippen LogP) is 2.79. The van der Waals surface area contributed by atoms with E-state index in [-0.39, 0.29) is 11.6 Å². The maximum absolute atomic E-state index is 9.99. The molecule has 3 heteroatoms. The molecule has 17 heavy (non-hydrogen) atoms. The second-order valence-electron chi connectivity index (χ2n) is 5.60. The zero-order valence-corrected chi connectivity index (χ0v) is 10.9. The molecular weight excluding hydrogens is 212 g/mol. The Morgan fingerprint density at radius 2 is 2.12 bits per heavy atom. The highest BCUT2D eigenvalue weighted by atomic mass is 16.3. The molecule has 3 nitrogen and oxygen atoms in total. The van der Waals surface area contributed by atoms with Crippen LogP contribution >= 0.6 is 0 Å². The van der Waals surface area contributed by atoms with E-state index in [0.717, 1.165) is 17.8 Å². The average Bonchev–Trinajstić information content (AvgIpc) is 2.57. The number of aromatic hydroxyl groups is 1. The first kappa shape index (κ1) is 12.2. The maximum Gasteiger partial charge on any atom is 0.122 e. The van der Waals surface area contributed by atoms with Gasteiger partial charge in [0.1, 0.15) is 5.75 Å². The van der Waals surface area contributed by atoms with Gasteiger partial charge in [0, 0.05) is 35.4 Å². The van der Waals surface area contributed by atoms with Crippen molar-refractivity contribution in [2.75, 3.05) is 11.4 Å². The van der Waals surface area contributed by atoms with E-state index in [9.17, 15) is 5.11 Å². The maximum atomic E-state index is 9.99. The second-order valence-corrected chi connectivity index (χ2v) is 5.60. The Kier molecular flexibility index (Phi) is 3.04. The van der Waals surface area contributed by atoms with Crippen LogP contribution in [0.15, 0.2) is 18.2 Å². The lowest BCUT2D eigenvalue weighted by Gasteiger charge is -2.34. The van der Waals surface area contributed by atoms with Crippen molar-refractivity contribution in [3.63, 3.8) is 0 Å². The van der Waals surface area contributed by atoms with Gasteiger partial charge in [0.15, 0.2) is 0 Å². The van der Waals surface area contributed by atoms with Crippen LogP contribution in [-0.2, 0) is 0 Å². The molecule has 0 radical (unpaired) electrons. The minimum Gasteiger partial charge on any atom is -0.508 e. The van der Waals surface area contributed by atoms with Crippen molar-refractivity contribution in [1.29, 1.82) is 0 Å². The third-order valence-corrected chi connectivity index (χ3v) is 3.72. The lowest BCUT2D eigenvalue weighted by Crippen LogP contribution is -2.38. The van der Waals surface area contributed by atoms with Crippen molar-refractivity contribution in [1.82, 2.24) is 0 Å². The van der Waals surface area contributed by atoms with E-state index in [1.165, 1.54) is 12.8 Å². The molecule has 0 saturated carbocycles. The summed E-state index contributed by atoms with van der Waals surface area (Å²) >= 11 is 0. The smallest absolute Gasteiger partial charge is 0.122 e. The van der Waals surface area contributed by atoms with Gasteiger partial charge in [-0.3, -0.25) is 0 Å². The Labute approximate surface area is 103 Å². The highest BCUT2D eigenvalue weighted by Crippen LogP contribution is 2.36. The van der Waals surface area contributed by atoms with Crippen LogP contribution in [0.1, 0.15) is 45.2 Å². The molecule has 1 heterocycles. The lowest BCUT2D eigenvalue weighted by molar-refractivity contribution is 0.462. The predicted molar refractivity (Wildman–Crippen MR) is 71.4 cm³/mol. The highest BCUT2D eigenvalue weighted by molar-refractivity contribution is 5.56. The van der Waals surface area contributed by atoms with E-state index in [2.05, 4.69) is 24.8 Å². The first-order valence-corrected chi connectivity index (χ1v) is 6.28. The molecule has 1 fully saturated rings. The molecule has 1 aliphatic rings. The molecule has 0 spiro atoms. The molecule has 1 aliphatic heterocycles. The molecule has 0 bridgehead atoms. The summed E-state index contributed by atoms with van der Waals surface area (Å²) in [6.07, 6.45) is 2.41. The van der Waals surface area contributed by atoms with Gasteiger partial charge in [-0.2, -0.15) is 0 Å². The Hall–Kier alpha value is -1.22. The number of hydrogen-bond acceptors (Lipinski definition) is 3. The molecule has 94 valence electrons. The zero-order valence-electron chi connectivity index (χ0n) is 10.9. The van der Waals surface area contributed by atoms with Crippen LogP contribution in [0.25, 0.3) is 0 Å². The Morgan fingerprint density at radius 3 is 2.59 bits per heavy atom. The number of rotatable bonds is 2. The second kappa shape index (κ2) is 4.22. The number of nitrogens with two attached hydrogens (primary N) is 1. The molecule has 1 aromatic rings. The lowest BCUT2D eigenvalue weighted by atomic mass is 10.0. The van der Waals surface area contributed by atoms with Gasteiger partial charge in [0.25, 0.3) is 0 Å². The topological polar surface area (TPSA) is 49.5 Å². The number of phenolic OH excluding ortho intramolecular Hbond substituents is 1. The van der Waals surface area contributed by atoms with E-state index >= 15 is 0 Å². The van der Waals surface area contributed by atoms with Gasteiger partial charge in [-0.15, -0.1) is 0 Å². The number of benzene rings is 1. The first-order valence-electron chi connectivity index (χ1n) is 6.28. The fraction of sp³-hybridized carbons (Fsp3) is 0.571. The molecule has 2 rings (SSSR count). The molecular formula is C14H22N2O.